The van der Waals surface area contributed by atoms with E-state index in [4.69, 9.17) is 4.52 Å². The predicted molar refractivity (Wildman–Crippen MR) is 77.8 cm³/mol. The van der Waals surface area contributed by atoms with Crippen LogP contribution in [0.1, 0.15) is 47.7 Å². The van der Waals surface area contributed by atoms with E-state index < -0.39 is 5.97 Å². The van der Waals surface area contributed by atoms with Crippen molar-refractivity contribution in [3.63, 3.8) is 0 Å². The second kappa shape index (κ2) is 5.40. The monoisotopic (exact) mass is 335 g/mol. The van der Waals surface area contributed by atoms with Crippen LogP contribution in [-0.4, -0.2) is 16.2 Å². The Hall–Kier alpha value is -1.62. The highest BCUT2D eigenvalue weighted by molar-refractivity contribution is 9.10. The van der Waals surface area contributed by atoms with Crippen molar-refractivity contribution < 1.29 is 14.4 Å². The Bertz CT molecular complexity index is 627. The number of aromatic carboxylic acids is 1. The van der Waals surface area contributed by atoms with Gasteiger partial charge in [-0.3, -0.25) is 0 Å². The van der Waals surface area contributed by atoms with Crippen LogP contribution < -0.4 is 0 Å². The standard InChI is InChI=1S/C15H14BrNO3/c16-11-7-5-9(6-8-11)13-12(15(18)19)14(20-17-13)10-3-1-2-4-10/h5-8,10H,1-4H2,(H,18,19). The summed E-state index contributed by atoms with van der Waals surface area (Å²) in [6.45, 7) is 0. The third-order valence-corrected chi connectivity index (χ3v) is 4.30. The fourth-order valence-electron chi connectivity index (χ4n) is 2.78. The summed E-state index contributed by atoms with van der Waals surface area (Å²) >= 11 is 3.36. The number of carbonyl (C=O) groups is 1. The van der Waals surface area contributed by atoms with Crippen LogP contribution in [0.15, 0.2) is 33.3 Å². The van der Waals surface area contributed by atoms with Crippen molar-refractivity contribution in [3.05, 3.63) is 40.1 Å². The smallest absolute Gasteiger partial charge is 0.341 e. The highest BCUT2D eigenvalue weighted by Gasteiger charge is 2.30. The molecule has 1 aromatic heterocycles. The third kappa shape index (κ3) is 2.38. The fraction of sp³-hybridized carbons (Fsp3) is 0.333. The molecule has 0 radical (unpaired) electrons. The zero-order valence-corrected chi connectivity index (χ0v) is 12.4. The van der Waals surface area contributed by atoms with Gasteiger partial charge in [-0.1, -0.05) is 46.1 Å². The van der Waals surface area contributed by atoms with Crippen LogP contribution in [0.5, 0.6) is 0 Å². The second-order valence-corrected chi connectivity index (χ2v) is 5.98. The van der Waals surface area contributed by atoms with E-state index in [0.29, 0.717) is 11.5 Å². The van der Waals surface area contributed by atoms with E-state index in [-0.39, 0.29) is 11.5 Å². The zero-order chi connectivity index (χ0) is 14.1. The minimum Gasteiger partial charge on any atom is -0.477 e. The summed E-state index contributed by atoms with van der Waals surface area (Å²) in [6, 6.07) is 7.41. The average Bonchev–Trinajstić information content (AvgIpc) is 3.08. The maximum atomic E-state index is 11.6. The van der Waals surface area contributed by atoms with Gasteiger partial charge in [0.05, 0.1) is 0 Å². The van der Waals surface area contributed by atoms with Gasteiger partial charge in [-0.25, -0.2) is 4.79 Å². The van der Waals surface area contributed by atoms with Crippen molar-refractivity contribution >= 4 is 21.9 Å². The molecule has 2 aromatic rings. The van der Waals surface area contributed by atoms with Crippen LogP contribution in [0, 0.1) is 0 Å². The van der Waals surface area contributed by atoms with E-state index >= 15 is 0 Å². The number of carboxylic acids is 1. The van der Waals surface area contributed by atoms with E-state index in [1.54, 1.807) is 0 Å². The van der Waals surface area contributed by atoms with Gasteiger partial charge in [0.15, 0.2) is 5.76 Å². The van der Waals surface area contributed by atoms with Crippen LogP contribution >= 0.6 is 15.9 Å². The molecule has 1 N–H and O–H groups in total. The molecular formula is C15H14BrNO3. The SMILES string of the molecule is O=C(O)c1c(-c2ccc(Br)cc2)noc1C1CCCC1. The maximum Gasteiger partial charge on any atom is 0.341 e. The molecule has 1 aliphatic rings. The maximum absolute atomic E-state index is 11.6. The molecule has 5 heteroatoms. The zero-order valence-electron chi connectivity index (χ0n) is 10.8. The number of benzene rings is 1. The van der Waals surface area contributed by atoms with E-state index in [0.717, 1.165) is 35.7 Å². The molecule has 1 heterocycles. The Labute approximate surface area is 124 Å². The molecule has 3 rings (SSSR count). The van der Waals surface area contributed by atoms with Gasteiger partial charge in [-0.05, 0) is 25.0 Å². The molecule has 0 aliphatic heterocycles. The predicted octanol–water partition coefficient (Wildman–Crippen LogP) is 4.46. The summed E-state index contributed by atoms with van der Waals surface area (Å²) in [7, 11) is 0. The summed E-state index contributed by atoms with van der Waals surface area (Å²) < 4.78 is 6.33. The van der Waals surface area contributed by atoms with Crippen molar-refractivity contribution in [1.82, 2.24) is 5.16 Å². The molecule has 1 aliphatic carbocycles. The van der Waals surface area contributed by atoms with E-state index in [1.165, 1.54) is 0 Å². The molecule has 0 saturated heterocycles. The van der Waals surface area contributed by atoms with E-state index in [9.17, 15) is 9.90 Å². The first kappa shape index (κ1) is 13.4. The first-order valence-electron chi connectivity index (χ1n) is 6.65. The summed E-state index contributed by atoms with van der Waals surface area (Å²) in [5.41, 5.74) is 1.41. The van der Waals surface area contributed by atoms with Crippen molar-refractivity contribution in [2.75, 3.05) is 0 Å². The summed E-state index contributed by atoms with van der Waals surface area (Å²) in [5, 5.41) is 13.5. The van der Waals surface area contributed by atoms with Gasteiger partial charge in [0.25, 0.3) is 0 Å². The van der Waals surface area contributed by atoms with Gasteiger partial charge in [-0.15, -0.1) is 0 Å². The number of hydrogen-bond acceptors (Lipinski definition) is 3. The molecular weight excluding hydrogens is 322 g/mol. The summed E-state index contributed by atoms with van der Waals surface area (Å²) in [5.74, 6) is -0.239. The highest BCUT2D eigenvalue weighted by Crippen LogP contribution is 2.39. The Balaban J connectivity index is 2.07. The van der Waals surface area contributed by atoms with Gasteiger partial charge >= 0.3 is 5.97 Å². The van der Waals surface area contributed by atoms with Crippen LogP contribution in [0.3, 0.4) is 0 Å². The molecule has 4 nitrogen and oxygen atoms in total. The molecule has 1 saturated carbocycles. The topological polar surface area (TPSA) is 63.3 Å². The lowest BCUT2D eigenvalue weighted by Crippen LogP contribution is -2.04. The Morgan fingerprint density at radius 1 is 1.25 bits per heavy atom. The molecule has 0 bridgehead atoms. The highest BCUT2D eigenvalue weighted by atomic mass is 79.9. The number of carboxylic acid groups (broad SMARTS) is 1. The van der Waals surface area contributed by atoms with Crippen molar-refractivity contribution in [1.29, 1.82) is 0 Å². The van der Waals surface area contributed by atoms with Crippen molar-refractivity contribution in [2.45, 2.75) is 31.6 Å². The van der Waals surface area contributed by atoms with Crippen molar-refractivity contribution in [3.8, 4) is 11.3 Å². The Kier molecular flexibility index (Phi) is 3.61. The number of halogens is 1. The summed E-state index contributed by atoms with van der Waals surface area (Å²) in [4.78, 5) is 11.6. The van der Waals surface area contributed by atoms with E-state index in [1.807, 2.05) is 24.3 Å². The van der Waals surface area contributed by atoms with Gasteiger partial charge in [0, 0.05) is 16.0 Å². The minimum atomic E-state index is -0.967. The van der Waals surface area contributed by atoms with Crippen LogP contribution in [0.25, 0.3) is 11.3 Å². The van der Waals surface area contributed by atoms with Gasteiger partial charge in [0.2, 0.25) is 0 Å². The number of aromatic nitrogens is 1. The van der Waals surface area contributed by atoms with Gasteiger partial charge in [0.1, 0.15) is 11.3 Å². The molecule has 0 unspecified atom stereocenters. The first-order valence-corrected chi connectivity index (χ1v) is 7.45. The van der Waals surface area contributed by atoms with Crippen LogP contribution in [-0.2, 0) is 0 Å². The molecule has 0 amide bonds. The molecule has 1 aromatic carbocycles. The minimum absolute atomic E-state index is 0.192. The lowest BCUT2D eigenvalue weighted by atomic mass is 9.97. The second-order valence-electron chi connectivity index (χ2n) is 5.06. The number of hydrogen-bond donors (Lipinski definition) is 1. The lowest BCUT2D eigenvalue weighted by molar-refractivity contribution is 0.0694. The Morgan fingerprint density at radius 3 is 2.50 bits per heavy atom. The summed E-state index contributed by atoms with van der Waals surface area (Å²) in [6.07, 6.45) is 4.21. The Morgan fingerprint density at radius 2 is 1.90 bits per heavy atom. The fourth-order valence-corrected chi connectivity index (χ4v) is 3.05. The van der Waals surface area contributed by atoms with E-state index in [2.05, 4.69) is 21.1 Å². The quantitative estimate of drug-likeness (QED) is 0.899. The third-order valence-electron chi connectivity index (χ3n) is 3.78. The molecule has 104 valence electrons. The largest absolute Gasteiger partial charge is 0.477 e. The van der Waals surface area contributed by atoms with Crippen molar-refractivity contribution in [2.24, 2.45) is 0 Å². The molecule has 0 atom stereocenters. The lowest BCUT2D eigenvalue weighted by Gasteiger charge is -2.05. The number of rotatable bonds is 3. The van der Waals surface area contributed by atoms with Crippen LogP contribution in [0.2, 0.25) is 0 Å². The van der Waals surface area contributed by atoms with Crippen LogP contribution in [0.4, 0.5) is 0 Å². The molecule has 1 fully saturated rings. The molecule has 20 heavy (non-hydrogen) atoms. The van der Waals surface area contributed by atoms with Gasteiger partial charge in [-0.2, -0.15) is 0 Å². The average molecular weight is 336 g/mol. The number of nitrogens with zero attached hydrogens (tertiary/aromatic N) is 1. The van der Waals surface area contributed by atoms with Gasteiger partial charge < -0.3 is 9.63 Å². The molecule has 0 spiro atoms. The first-order chi connectivity index (χ1) is 9.66. The normalized spacial score (nSPS) is 15.7.